The second-order valence-corrected chi connectivity index (χ2v) is 16.3. The zero-order valence-electron chi connectivity index (χ0n) is 33.0. The quantitative estimate of drug-likeness (QED) is 0.167. The molecule has 0 unspecified atom stereocenters. The molecule has 0 radical (unpaired) electrons. The van der Waals surface area contributed by atoms with Crippen molar-refractivity contribution in [2.45, 2.75) is 5.41 Å². The number of rotatable bonds is 4. The van der Waals surface area contributed by atoms with E-state index < -0.39 is 5.41 Å². The molecule has 0 bridgehead atoms. The van der Waals surface area contributed by atoms with Crippen molar-refractivity contribution in [3.05, 3.63) is 235 Å². The Kier molecular flexibility index (Phi) is 7.22. The molecule has 0 fully saturated rings. The minimum atomic E-state index is -0.403. The normalized spacial score (nSPS) is 13.0. The third kappa shape index (κ3) is 4.89. The molecule has 282 valence electrons. The molecule has 10 aromatic carbocycles. The third-order valence-corrected chi connectivity index (χ3v) is 13.1. The highest BCUT2D eigenvalue weighted by Crippen LogP contribution is 2.63. The lowest BCUT2D eigenvalue weighted by atomic mass is 9.70. The monoisotopic (exact) mass is 773 g/mol. The van der Waals surface area contributed by atoms with Gasteiger partial charge in [-0.05, 0) is 106 Å². The first kappa shape index (κ1) is 33.9. The van der Waals surface area contributed by atoms with Crippen LogP contribution in [-0.4, -0.2) is 15.0 Å². The fourth-order valence-electron chi connectivity index (χ4n) is 10.5. The summed E-state index contributed by atoms with van der Waals surface area (Å²) >= 11 is 0. The van der Waals surface area contributed by atoms with E-state index in [-0.39, 0.29) is 0 Å². The Morgan fingerprint density at radius 1 is 0.230 bits per heavy atom. The van der Waals surface area contributed by atoms with Crippen molar-refractivity contribution in [3.8, 4) is 67.5 Å². The molecule has 0 saturated carbocycles. The van der Waals surface area contributed by atoms with Crippen LogP contribution in [0.5, 0.6) is 0 Å². The molecule has 1 aromatic heterocycles. The van der Waals surface area contributed by atoms with E-state index >= 15 is 0 Å². The zero-order chi connectivity index (χ0) is 40.1. The Bertz CT molecular complexity index is 3520. The Labute approximate surface area is 353 Å². The summed E-state index contributed by atoms with van der Waals surface area (Å²) in [5.74, 6) is 1.93. The summed E-state index contributed by atoms with van der Waals surface area (Å²) in [7, 11) is 0. The lowest BCUT2D eigenvalue weighted by Gasteiger charge is -2.30. The van der Waals surface area contributed by atoms with Crippen LogP contribution >= 0.6 is 0 Å². The predicted octanol–water partition coefficient (Wildman–Crippen LogP) is 14.3. The van der Waals surface area contributed by atoms with Crippen molar-refractivity contribution in [3.63, 3.8) is 0 Å². The Balaban J connectivity index is 0.974. The van der Waals surface area contributed by atoms with E-state index in [9.17, 15) is 0 Å². The van der Waals surface area contributed by atoms with Gasteiger partial charge >= 0.3 is 0 Å². The summed E-state index contributed by atoms with van der Waals surface area (Å²) in [6.07, 6.45) is 0. The Hall–Kier alpha value is -8.01. The van der Waals surface area contributed by atoms with Gasteiger partial charge in [-0.1, -0.05) is 194 Å². The van der Waals surface area contributed by atoms with E-state index in [0.717, 1.165) is 27.8 Å². The van der Waals surface area contributed by atoms with Crippen molar-refractivity contribution >= 4 is 32.3 Å². The first-order chi connectivity index (χ1) is 30.2. The average molecular weight is 774 g/mol. The summed E-state index contributed by atoms with van der Waals surface area (Å²) in [6, 6.07) is 76.8. The second kappa shape index (κ2) is 13.0. The first-order valence-corrected chi connectivity index (χ1v) is 20.9. The van der Waals surface area contributed by atoms with Crippen molar-refractivity contribution in [2.75, 3.05) is 0 Å². The smallest absolute Gasteiger partial charge is 0.164 e. The van der Waals surface area contributed by atoms with Gasteiger partial charge < -0.3 is 0 Å². The van der Waals surface area contributed by atoms with Gasteiger partial charge in [0.2, 0.25) is 0 Å². The molecule has 2 aliphatic rings. The molecule has 11 aromatic rings. The van der Waals surface area contributed by atoms with Crippen molar-refractivity contribution in [1.82, 2.24) is 15.0 Å². The van der Waals surface area contributed by atoms with Crippen LogP contribution in [0.15, 0.2) is 212 Å². The molecule has 0 atom stereocenters. The number of fused-ring (bicyclic) bond motifs is 16. The highest BCUT2D eigenvalue weighted by Gasteiger charge is 2.51. The van der Waals surface area contributed by atoms with E-state index in [1.54, 1.807) is 0 Å². The topological polar surface area (TPSA) is 38.7 Å². The average Bonchev–Trinajstić information content (AvgIpc) is 3.81. The summed E-state index contributed by atoms with van der Waals surface area (Å²) in [6.45, 7) is 0. The van der Waals surface area contributed by atoms with E-state index in [1.807, 2.05) is 18.2 Å². The molecule has 1 heterocycles. The van der Waals surface area contributed by atoms with Gasteiger partial charge in [-0.3, -0.25) is 0 Å². The molecule has 0 amide bonds. The van der Waals surface area contributed by atoms with Crippen molar-refractivity contribution in [1.29, 1.82) is 0 Å². The SMILES string of the molecule is c1ccc(-c2nc(-c3cccc(-c4ccc5c6ccccc6c6ccccc6c5c4)c3)nc(-c3ccc4c(c3)-c3ccccc3C43c4ccccc4-c4ccccc43)n2)cc1. The maximum absolute atomic E-state index is 5.28. The fourth-order valence-corrected chi connectivity index (χ4v) is 10.5. The Morgan fingerprint density at radius 2 is 0.623 bits per heavy atom. The predicted molar refractivity (Wildman–Crippen MR) is 250 cm³/mol. The molecule has 3 nitrogen and oxygen atoms in total. The van der Waals surface area contributed by atoms with Gasteiger partial charge in [0.25, 0.3) is 0 Å². The molecular weight excluding hydrogens is 739 g/mol. The lowest BCUT2D eigenvalue weighted by molar-refractivity contribution is 0.794. The minimum Gasteiger partial charge on any atom is -0.208 e. The maximum Gasteiger partial charge on any atom is 0.164 e. The van der Waals surface area contributed by atoms with Crippen LogP contribution < -0.4 is 0 Å². The van der Waals surface area contributed by atoms with Crippen LogP contribution in [0.4, 0.5) is 0 Å². The highest BCUT2D eigenvalue weighted by molar-refractivity contribution is 6.25. The van der Waals surface area contributed by atoms with Crippen LogP contribution in [-0.2, 0) is 5.41 Å². The number of aromatic nitrogens is 3. The van der Waals surface area contributed by atoms with Gasteiger partial charge in [0.05, 0.1) is 5.41 Å². The maximum atomic E-state index is 5.28. The second-order valence-electron chi connectivity index (χ2n) is 16.3. The minimum absolute atomic E-state index is 0.403. The van der Waals surface area contributed by atoms with E-state index in [2.05, 4.69) is 194 Å². The zero-order valence-corrected chi connectivity index (χ0v) is 33.0. The molecular formula is C58H35N3. The number of benzene rings is 10. The summed E-state index contributed by atoms with van der Waals surface area (Å²) < 4.78 is 0. The molecule has 0 aliphatic heterocycles. The molecule has 61 heavy (non-hydrogen) atoms. The Morgan fingerprint density at radius 3 is 1.23 bits per heavy atom. The number of hydrogen-bond donors (Lipinski definition) is 0. The molecule has 3 heteroatoms. The largest absolute Gasteiger partial charge is 0.208 e. The van der Waals surface area contributed by atoms with E-state index in [0.29, 0.717) is 17.5 Å². The standard InChI is InChI=1S/C58H35N3/c1-2-15-36(16-3-1)55-59-56(39-18-14-17-37(33-39)38-29-31-45-43-21-5-4-19-41(43)42-20-6-7-22-44(42)49(45)34-38)61-57(60-55)40-30-32-54-50(35-40)48-25-10-13-28-53(48)58(54)51-26-11-8-23-46(51)47-24-9-12-27-52(47)58/h1-35H. The molecule has 0 saturated heterocycles. The molecule has 1 spiro atoms. The van der Waals surface area contributed by atoms with Crippen LogP contribution in [0.3, 0.4) is 0 Å². The van der Waals surface area contributed by atoms with E-state index in [1.165, 1.54) is 76.8 Å². The van der Waals surface area contributed by atoms with Gasteiger partial charge in [-0.15, -0.1) is 0 Å². The van der Waals surface area contributed by atoms with Crippen LogP contribution in [0.25, 0.3) is 99.9 Å². The number of nitrogens with zero attached hydrogens (tertiary/aromatic N) is 3. The van der Waals surface area contributed by atoms with Crippen molar-refractivity contribution in [2.24, 2.45) is 0 Å². The molecule has 2 aliphatic carbocycles. The number of hydrogen-bond acceptors (Lipinski definition) is 3. The first-order valence-electron chi connectivity index (χ1n) is 20.9. The van der Waals surface area contributed by atoms with Gasteiger partial charge in [-0.2, -0.15) is 0 Å². The van der Waals surface area contributed by atoms with E-state index in [4.69, 9.17) is 15.0 Å². The molecule has 13 rings (SSSR count). The van der Waals surface area contributed by atoms with Gasteiger partial charge in [0.15, 0.2) is 17.5 Å². The molecule has 0 N–H and O–H groups in total. The summed E-state index contributed by atoms with van der Waals surface area (Å²) in [5.41, 5.74) is 15.0. The van der Waals surface area contributed by atoms with Gasteiger partial charge in [0, 0.05) is 16.7 Å². The summed E-state index contributed by atoms with van der Waals surface area (Å²) in [4.78, 5) is 15.6. The van der Waals surface area contributed by atoms with Crippen LogP contribution in [0, 0.1) is 0 Å². The lowest BCUT2D eigenvalue weighted by Crippen LogP contribution is -2.25. The fraction of sp³-hybridized carbons (Fsp3) is 0.0172. The van der Waals surface area contributed by atoms with Gasteiger partial charge in [0.1, 0.15) is 0 Å². The third-order valence-electron chi connectivity index (χ3n) is 13.1. The van der Waals surface area contributed by atoms with Crippen molar-refractivity contribution < 1.29 is 0 Å². The van der Waals surface area contributed by atoms with Gasteiger partial charge in [-0.25, -0.2) is 15.0 Å². The highest BCUT2D eigenvalue weighted by atomic mass is 15.0. The van der Waals surface area contributed by atoms with Crippen LogP contribution in [0.2, 0.25) is 0 Å². The van der Waals surface area contributed by atoms with Crippen LogP contribution in [0.1, 0.15) is 22.3 Å². The summed E-state index contributed by atoms with van der Waals surface area (Å²) in [5, 5.41) is 7.58.